The summed E-state index contributed by atoms with van der Waals surface area (Å²) in [5.41, 5.74) is 5.35. The summed E-state index contributed by atoms with van der Waals surface area (Å²) < 4.78 is 0. The Labute approximate surface area is 91.4 Å². The molecule has 0 radical (unpaired) electrons. The third-order valence-electron chi connectivity index (χ3n) is 3.45. The standard InChI is InChI=1S/C10H18N2O.ClH/c1-9(2,11)8(13)12-7-6-10(12)4-3-5-10;/h3-7,11H2,1-2H3;1H. The van der Waals surface area contributed by atoms with Crippen molar-refractivity contribution >= 4 is 18.3 Å². The first-order valence-corrected chi connectivity index (χ1v) is 5.07. The molecule has 0 unspecified atom stereocenters. The number of hydrogen-bond donors (Lipinski definition) is 1. The van der Waals surface area contributed by atoms with Crippen molar-refractivity contribution in [2.24, 2.45) is 5.73 Å². The van der Waals surface area contributed by atoms with Crippen LogP contribution in [-0.2, 0) is 4.79 Å². The van der Waals surface area contributed by atoms with Gasteiger partial charge in [-0.3, -0.25) is 4.79 Å². The van der Waals surface area contributed by atoms with Crippen molar-refractivity contribution < 1.29 is 4.79 Å². The Morgan fingerprint density at radius 2 is 1.93 bits per heavy atom. The second-order valence-electron chi connectivity index (χ2n) is 5.01. The van der Waals surface area contributed by atoms with E-state index in [1.807, 2.05) is 4.90 Å². The third-order valence-corrected chi connectivity index (χ3v) is 3.45. The molecule has 1 saturated carbocycles. The monoisotopic (exact) mass is 218 g/mol. The normalized spacial score (nSPS) is 23.5. The molecule has 1 amide bonds. The number of nitrogens with zero attached hydrogens (tertiary/aromatic N) is 1. The Morgan fingerprint density at radius 1 is 1.36 bits per heavy atom. The van der Waals surface area contributed by atoms with Crippen LogP contribution < -0.4 is 5.73 Å². The van der Waals surface area contributed by atoms with Crippen molar-refractivity contribution in [3.8, 4) is 0 Å². The van der Waals surface area contributed by atoms with E-state index in [9.17, 15) is 4.79 Å². The largest absolute Gasteiger partial charge is 0.335 e. The molecule has 0 atom stereocenters. The fourth-order valence-electron chi connectivity index (χ4n) is 2.31. The lowest BCUT2D eigenvalue weighted by molar-refractivity contribution is -0.160. The zero-order chi connectivity index (χ0) is 9.69. The quantitative estimate of drug-likeness (QED) is 0.721. The van der Waals surface area contributed by atoms with Gasteiger partial charge in [-0.1, -0.05) is 0 Å². The number of likely N-dealkylation sites (tertiary alicyclic amines) is 1. The summed E-state index contributed by atoms with van der Waals surface area (Å²) in [4.78, 5) is 13.9. The number of halogens is 1. The summed E-state index contributed by atoms with van der Waals surface area (Å²) in [5.74, 6) is 0.124. The van der Waals surface area contributed by atoms with Gasteiger partial charge in [0.05, 0.1) is 5.54 Å². The van der Waals surface area contributed by atoms with Gasteiger partial charge in [-0.05, 0) is 39.5 Å². The topological polar surface area (TPSA) is 46.3 Å². The van der Waals surface area contributed by atoms with Gasteiger partial charge in [0.1, 0.15) is 0 Å². The zero-order valence-electron chi connectivity index (χ0n) is 8.88. The molecule has 2 N–H and O–H groups in total. The molecule has 1 spiro atoms. The first kappa shape index (κ1) is 11.8. The number of nitrogens with two attached hydrogens (primary N) is 1. The molecule has 0 aromatic carbocycles. The molecular formula is C10H19ClN2O. The van der Waals surface area contributed by atoms with E-state index in [-0.39, 0.29) is 23.9 Å². The molecular weight excluding hydrogens is 200 g/mol. The van der Waals surface area contributed by atoms with Crippen LogP contribution in [0.3, 0.4) is 0 Å². The number of carbonyl (C=O) groups excluding carboxylic acids is 1. The van der Waals surface area contributed by atoms with Crippen molar-refractivity contribution in [2.75, 3.05) is 6.54 Å². The van der Waals surface area contributed by atoms with Crippen molar-refractivity contribution in [2.45, 2.75) is 50.6 Å². The predicted octanol–water partition coefficient (Wildman–Crippen LogP) is 1.30. The Bertz CT molecular complexity index is 237. The molecule has 0 bridgehead atoms. The van der Waals surface area contributed by atoms with Gasteiger partial charge in [-0.25, -0.2) is 0 Å². The van der Waals surface area contributed by atoms with Crippen LogP contribution in [0.25, 0.3) is 0 Å². The first-order valence-electron chi connectivity index (χ1n) is 5.07. The van der Waals surface area contributed by atoms with E-state index in [2.05, 4.69) is 0 Å². The van der Waals surface area contributed by atoms with Gasteiger partial charge in [0.2, 0.25) is 5.91 Å². The summed E-state index contributed by atoms with van der Waals surface area (Å²) >= 11 is 0. The van der Waals surface area contributed by atoms with Crippen LogP contribution in [0.5, 0.6) is 0 Å². The number of rotatable bonds is 1. The average molecular weight is 219 g/mol. The van der Waals surface area contributed by atoms with Gasteiger partial charge in [0.15, 0.2) is 0 Å². The highest BCUT2D eigenvalue weighted by atomic mass is 35.5. The maximum absolute atomic E-state index is 11.9. The van der Waals surface area contributed by atoms with Crippen LogP contribution in [0.4, 0.5) is 0 Å². The maximum Gasteiger partial charge on any atom is 0.242 e. The summed E-state index contributed by atoms with van der Waals surface area (Å²) in [6.45, 7) is 4.50. The Morgan fingerprint density at radius 3 is 2.14 bits per heavy atom. The number of hydrogen-bond acceptors (Lipinski definition) is 2. The molecule has 3 nitrogen and oxygen atoms in total. The van der Waals surface area contributed by atoms with Crippen LogP contribution in [0.15, 0.2) is 0 Å². The molecule has 2 rings (SSSR count). The van der Waals surface area contributed by atoms with Crippen LogP contribution in [0, 0.1) is 0 Å². The highest BCUT2D eigenvalue weighted by molar-refractivity contribution is 5.86. The molecule has 1 saturated heterocycles. The van der Waals surface area contributed by atoms with E-state index >= 15 is 0 Å². The van der Waals surface area contributed by atoms with E-state index in [0.29, 0.717) is 0 Å². The lowest BCUT2D eigenvalue weighted by Gasteiger charge is -2.59. The molecule has 1 aliphatic carbocycles. The van der Waals surface area contributed by atoms with E-state index in [4.69, 9.17) is 5.73 Å². The van der Waals surface area contributed by atoms with Crippen LogP contribution in [0.2, 0.25) is 0 Å². The fraction of sp³-hybridized carbons (Fsp3) is 0.900. The SMILES string of the molecule is CC(C)(N)C(=O)N1CCC12CCC2.Cl. The second kappa shape index (κ2) is 3.38. The van der Waals surface area contributed by atoms with Crippen molar-refractivity contribution in [1.82, 2.24) is 4.90 Å². The number of amides is 1. The van der Waals surface area contributed by atoms with Gasteiger partial charge >= 0.3 is 0 Å². The molecule has 0 aromatic heterocycles. The molecule has 0 aromatic rings. The predicted molar refractivity (Wildman–Crippen MR) is 58.4 cm³/mol. The van der Waals surface area contributed by atoms with E-state index in [1.54, 1.807) is 13.8 Å². The van der Waals surface area contributed by atoms with Gasteiger partial charge in [-0.2, -0.15) is 0 Å². The first-order chi connectivity index (χ1) is 5.96. The van der Waals surface area contributed by atoms with Gasteiger partial charge in [0.25, 0.3) is 0 Å². The molecule has 82 valence electrons. The van der Waals surface area contributed by atoms with Crippen LogP contribution in [-0.4, -0.2) is 28.4 Å². The molecule has 1 aliphatic heterocycles. The summed E-state index contributed by atoms with van der Waals surface area (Å²) in [5, 5.41) is 0. The van der Waals surface area contributed by atoms with E-state index in [0.717, 1.165) is 6.54 Å². The molecule has 1 heterocycles. The minimum Gasteiger partial charge on any atom is -0.335 e. The van der Waals surface area contributed by atoms with Gasteiger partial charge < -0.3 is 10.6 Å². The second-order valence-corrected chi connectivity index (χ2v) is 5.01. The van der Waals surface area contributed by atoms with E-state index in [1.165, 1.54) is 25.7 Å². The van der Waals surface area contributed by atoms with Crippen molar-refractivity contribution in [1.29, 1.82) is 0 Å². The zero-order valence-corrected chi connectivity index (χ0v) is 9.69. The van der Waals surface area contributed by atoms with Gasteiger partial charge in [0, 0.05) is 12.1 Å². The summed E-state index contributed by atoms with van der Waals surface area (Å²) in [7, 11) is 0. The molecule has 14 heavy (non-hydrogen) atoms. The molecule has 4 heteroatoms. The third kappa shape index (κ3) is 1.52. The minimum absolute atomic E-state index is 0. The van der Waals surface area contributed by atoms with Crippen molar-refractivity contribution in [3.05, 3.63) is 0 Å². The van der Waals surface area contributed by atoms with Crippen molar-refractivity contribution in [3.63, 3.8) is 0 Å². The number of carbonyl (C=O) groups is 1. The highest BCUT2D eigenvalue weighted by Gasteiger charge is 2.52. The Balaban J connectivity index is 0.000000980. The average Bonchev–Trinajstić information content (AvgIpc) is 1.78. The highest BCUT2D eigenvalue weighted by Crippen LogP contribution is 2.47. The smallest absolute Gasteiger partial charge is 0.242 e. The van der Waals surface area contributed by atoms with Crippen LogP contribution in [0.1, 0.15) is 39.5 Å². The molecule has 2 aliphatic rings. The Kier molecular flexibility index (Phi) is 2.85. The Hall–Kier alpha value is -0.280. The van der Waals surface area contributed by atoms with Crippen LogP contribution >= 0.6 is 12.4 Å². The molecule has 2 fully saturated rings. The maximum atomic E-state index is 11.9. The minimum atomic E-state index is -0.691. The fourth-order valence-corrected chi connectivity index (χ4v) is 2.31. The lowest BCUT2D eigenvalue weighted by atomic mass is 9.67. The summed E-state index contributed by atoms with van der Waals surface area (Å²) in [6.07, 6.45) is 4.84. The lowest BCUT2D eigenvalue weighted by Crippen LogP contribution is -2.69. The van der Waals surface area contributed by atoms with E-state index < -0.39 is 5.54 Å². The van der Waals surface area contributed by atoms with Gasteiger partial charge in [-0.15, -0.1) is 12.4 Å². The summed E-state index contributed by atoms with van der Waals surface area (Å²) in [6, 6.07) is 0.